The summed E-state index contributed by atoms with van der Waals surface area (Å²) in [6.07, 6.45) is 1.58. The van der Waals surface area contributed by atoms with Crippen LogP contribution in [0.5, 0.6) is 0 Å². The molecule has 1 N–H and O–H groups in total. The molecular formula is C16H11FN2O2. The topological polar surface area (TPSA) is 55.1 Å². The Morgan fingerprint density at radius 2 is 1.86 bits per heavy atom. The van der Waals surface area contributed by atoms with Crippen LogP contribution in [0.25, 0.3) is 16.9 Å². The molecule has 21 heavy (non-hydrogen) atoms. The molecule has 0 aliphatic rings. The van der Waals surface area contributed by atoms with E-state index in [1.165, 1.54) is 12.1 Å². The molecule has 0 saturated carbocycles. The Hall–Kier alpha value is -2.95. The van der Waals surface area contributed by atoms with Crippen LogP contribution in [0.2, 0.25) is 0 Å². The first-order valence-electron chi connectivity index (χ1n) is 6.29. The Balaban J connectivity index is 2.20. The maximum atomic E-state index is 13.3. The highest BCUT2D eigenvalue weighted by molar-refractivity contribution is 5.95. The van der Waals surface area contributed by atoms with Crippen molar-refractivity contribution in [3.63, 3.8) is 0 Å². The van der Waals surface area contributed by atoms with Crippen molar-refractivity contribution in [2.45, 2.75) is 0 Å². The first kappa shape index (κ1) is 13.1. The number of carbonyl (C=O) groups is 1. The first-order valence-corrected chi connectivity index (χ1v) is 6.29. The normalized spacial score (nSPS) is 10.5. The van der Waals surface area contributed by atoms with Crippen LogP contribution < -0.4 is 0 Å². The van der Waals surface area contributed by atoms with Gasteiger partial charge in [0.05, 0.1) is 23.1 Å². The monoisotopic (exact) mass is 282 g/mol. The van der Waals surface area contributed by atoms with Crippen molar-refractivity contribution in [1.82, 2.24) is 9.78 Å². The van der Waals surface area contributed by atoms with Gasteiger partial charge < -0.3 is 5.11 Å². The average molecular weight is 282 g/mol. The van der Waals surface area contributed by atoms with Crippen LogP contribution in [0.3, 0.4) is 0 Å². The van der Waals surface area contributed by atoms with E-state index in [9.17, 15) is 14.3 Å². The van der Waals surface area contributed by atoms with Crippen LogP contribution in [0.15, 0.2) is 60.8 Å². The molecule has 0 spiro atoms. The summed E-state index contributed by atoms with van der Waals surface area (Å²) in [7, 11) is 0. The fraction of sp³-hybridized carbons (Fsp3) is 0. The first-order chi connectivity index (χ1) is 10.2. The Kier molecular flexibility index (Phi) is 3.23. The van der Waals surface area contributed by atoms with Gasteiger partial charge in [0.2, 0.25) is 0 Å². The zero-order valence-electron chi connectivity index (χ0n) is 10.9. The van der Waals surface area contributed by atoms with Crippen LogP contribution in [0.4, 0.5) is 4.39 Å². The fourth-order valence-electron chi connectivity index (χ4n) is 2.20. The molecule has 4 nitrogen and oxygen atoms in total. The molecule has 0 amide bonds. The van der Waals surface area contributed by atoms with Gasteiger partial charge in [-0.25, -0.2) is 13.9 Å². The molecule has 104 valence electrons. The van der Waals surface area contributed by atoms with Crippen molar-refractivity contribution in [3.8, 4) is 16.9 Å². The molecule has 0 atom stereocenters. The maximum Gasteiger partial charge on any atom is 0.336 e. The zero-order valence-corrected chi connectivity index (χ0v) is 10.9. The molecule has 1 heterocycles. The number of carboxylic acid groups (broad SMARTS) is 1. The minimum atomic E-state index is -1.18. The number of carboxylic acids is 1. The second-order valence-corrected chi connectivity index (χ2v) is 4.46. The second-order valence-electron chi connectivity index (χ2n) is 4.46. The number of hydrogen-bond acceptors (Lipinski definition) is 2. The molecule has 0 unspecified atom stereocenters. The zero-order chi connectivity index (χ0) is 14.8. The van der Waals surface area contributed by atoms with Crippen LogP contribution in [0, 0.1) is 5.82 Å². The lowest BCUT2D eigenvalue weighted by Gasteiger charge is -2.10. The number of aromatic carboxylic acids is 1. The summed E-state index contributed by atoms with van der Waals surface area (Å²) in [5, 5.41) is 13.5. The third-order valence-electron chi connectivity index (χ3n) is 3.13. The highest BCUT2D eigenvalue weighted by atomic mass is 19.1. The second kappa shape index (κ2) is 5.20. The van der Waals surface area contributed by atoms with E-state index in [1.807, 2.05) is 30.3 Å². The summed E-state index contributed by atoms with van der Waals surface area (Å²) >= 11 is 0. The van der Waals surface area contributed by atoms with Crippen molar-refractivity contribution < 1.29 is 14.3 Å². The van der Waals surface area contributed by atoms with Gasteiger partial charge in [0, 0.05) is 5.56 Å². The van der Waals surface area contributed by atoms with Gasteiger partial charge in [0.15, 0.2) is 0 Å². The largest absolute Gasteiger partial charge is 0.478 e. The number of halogens is 1. The lowest BCUT2D eigenvalue weighted by atomic mass is 10.0. The van der Waals surface area contributed by atoms with Crippen molar-refractivity contribution in [3.05, 3.63) is 72.2 Å². The van der Waals surface area contributed by atoms with E-state index >= 15 is 0 Å². The van der Waals surface area contributed by atoms with Gasteiger partial charge in [-0.05, 0) is 36.4 Å². The van der Waals surface area contributed by atoms with Crippen molar-refractivity contribution >= 4 is 5.97 Å². The third kappa shape index (κ3) is 2.41. The molecule has 0 fully saturated rings. The van der Waals surface area contributed by atoms with Crippen LogP contribution in [0.1, 0.15) is 10.4 Å². The summed E-state index contributed by atoms with van der Waals surface area (Å²) in [4.78, 5) is 11.3. The minimum absolute atomic E-state index is 0.0901. The molecule has 1 aromatic heterocycles. The number of rotatable bonds is 3. The van der Waals surface area contributed by atoms with Crippen molar-refractivity contribution in [2.24, 2.45) is 0 Å². The molecule has 0 radical (unpaired) electrons. The summed E-state index contributed by atoms with van der Waals surface area (Å²) in [6, 6.07) is 14.7. The van der Waals surface area contributed by atoms with Gasteiger partial charge in [0.1, 0.15) is 5.82 Å². The molecular weight excluding hydrogens is 271 g/mol. The van der Waals surface area contributed by atoms with Gasteiger partial charge in [-0.2, -0.15) is 5.10 Å². The van der Waals surface area contributed by atoms with E-state index in [1.54, 1.807) is 16.9 Å². The summed E-state index contributed by atoms with van der Waals surface area (Å²) < 4.78 is 14.9. The van der Waals surface area contributed by atoms with Gasteiger partial charge in [-0.3, -0.25) is 0 Å². The summed E-state index contributed by atoms with van der Waals surface area (Å²) in [6.45, 7) is 0. The van der Waals surface area contributed by atoms with Crippen molar-refractivity contribution in [1.29, 1.82) is 0 Å². The van der Waals surface area contributed by atoms with E-state index in [0.717, 1.165) is 11.8 Å². The average Bonchev–Trinajstić information content (AvgIpc) is 2.97. The molecule has 3 rings (SSSR count). The smallest absolute Gasteiger partial charge is 0.336 e. The quantitative estimate of drug-likeness (QED) is 0.801. The van der Waals surface area contributed by atoms with E-state index in [-0.39, 0.29) is 5.56 Å². The number of benzene rings is 2. The SMILES string of the molecule is O=C(O)c1cc(F)ccc1-c1ccnn1-c1ccccc1. The molecule has 5 heteroatoms. The minimum Gasteiger partial charge on any atom is -0.478 e. The van der Waals surface area contributed by atoms with E-state index in [0.29, 0.717) is 11.3 Å². The Morgan fingerprint density at radius 1 is 1.10 bits per heavy atom. The van der Waals surface area contributed by atoms with Gasteiger partial charge in [0.25, 0.3) is 0 Å². The lowest BCUT2D eigenvalue weighted by Crippen LogP contribution is -2.04. The molecule has 0 bridgehead atoms. The maximum absolute atomic E-state index is 13.3. The van der Waals surface area contributed by atoms with Gasteiger partial charge in [-0.15, -0.1) is 0 Å². The highest BCUT2D eigenvalue weighted by Crippen LogP contribution is 2.26. The van der Waals surface area contributed by atoms with Crippen LogP contribution >= 0.6 is 0 Å². The van der Waals surface area contributed by atoms with E-state index < -0.39 is 11.8 Å². The third-order valence-corrected chi connectivity index (χ3v) is 3.13. The Labute approximate surface area is 120 Å². The Morgan fingerprint density at radius 3 is 2.57 bits per heavy atom. The predicted molar refractivity (Wildman–Crippen MR) is 75.9 cm³/mol. The molecule has 0 aliphatic carbocycles. The summed E-state index contributed by atoms with van der Waals surface area (Å²) in [5.74, 6) is -1.76. The van der Waals surface area contributed by atoms with Gasteiger partial charge in [-0.1, -0.05) is 18.2 Å². The number of nitrogens with zero attached hydrogens (tertiary/aromatic N) is 2. The highest BCUT2D eigenvalue weighted by Gasteiger charge is 2.16. The summed E-state index contributed by atoms with van der Waals surface area (Å²) in [5.41, 5.74) is 1.73. The standard InChI is InChI=1S/C16H11FN2O2/c17-11-6-7-13(14(10-11)16(20)21)15-8-9-18-19(15)12-4-2-1-3-5-12/h1-10H,(H,20,21). The number of para-hydroxylation sites is 1. The van der Waals surface area contributed by atoms with Crippen LogP contribution in [-0.2, 0) is 0 Å². The van der Waals surface area contributed by atoms with Crippen LogP contribution in [-0.4, -0.2) is 20.9 Å². The fourth-order valence-corrected chi connectivity index (χ4v) is 2.20. The number of hydrogen-bond donors (Lipinski definition) is 1. The molecule has 3 aromatic rings. The predicted octanol–water partition coefficient (Wildman–Crippen LogP) is 3.38. The molecule has 0 aliphatic heterocycles. The van der Waals surface area contributed by atoms with Crippen molar-refractivity contribution in [2.75, 3.05) is 0 Å². The Bertz CT molecular complexity index is 797. The molecule has 2 aromatic carbocycles. The van der Waals surface area contributed by atoms with E-state index in [4.69, 9.17) is 0 Å². The lowest BCUT2D eigenvalue weighted by molar-refractivity contribution is 0.0697. The number of aromatic nitrogens is 2. The molecule has 0 saturated heterocycles. The van der Waals surface area contributed by atoms with Gasteiger partial charge >= 0.3 is 5.97 Å². The van der Waals surface area contributed by atoms with E-state index in [2.05, 4.69) is 5.10 Å².